The van der Waals surface area contributed by atoms with Crippen LogP contribution in [0.3, 0.4) is 0 Å². The Labute approximate surface area is 118 Å². The number of benzene rings is 1. The van der Waals surface area contributed by atoms with E-state index in [0.29, 0.717) is 12.0 Å². The Hall–Kier alpha value is -0.470. The summed E-state index contributed by atoms with van der Waals surface area (Å²) in [5.41, 5.74) is 0.816. The van der Waals surface area contributed by atoms with Crippen molar-refractivity contribution in [3.8, 4) is 0 Å². The van der Waals surface area contributed by atoms with Gasteiger partial charge in [-0.3, -0.25) is 0 Å². The third-order valence-electron chi connectivity index (χ3n) is 3.77. The van der Waals surface area contributed by atoms with Crippen molar-refractivity contribution >= 4 is 28.9 Å². The van der Waals surface area contributed by atoms with E-state index in [-0.39, 0.29) is 10.0 Å². The lowest BCUT2D eigenvalue weighted by Crippen LogP contribution is -2.31. The van der Waals surface area contributed by atoms with Crippen LogP contribution in [-0.2, 0) is 0 Å². The van der Waals surface area contributed by atoms with Gasteiger partial charge in [0.1, 0.15) is 0 Å². The van der Waals surface area contributed by atoms with Gasteiger partial charge in [-0.25, -0.2) is 4.39 Å². The Balaban J connectivity index is 2.13. The summed E-state index contributed by atoms with van der Waals surface area (Å²) in [6.45, 7) is 2.22. The summed E-state index contributed by atoms with van der Waals surface area (Å²) >= 11 is 11.6. The van der Waals surface area contributed by atoms with Crippen molar-refractivity contribution < 1.29 is 4.39 Å². The number of hydrogen-bond donors (Lipinski definition) is 1. The van der Waals surface area contributed by atoms with Crippen LogP contribution in [-0.4, -0.2) is 6.04 Å². The molecule has 1 fully saturated rings. The van der Waals surface area contributed by atoms with Crippen LogP contribution in [0.5, 0.6) is 0 Å². The molecule has 1 aliphatic rings. The predicted octanol–water partition coefficient (Wildman–Crippen LogP) is 5.51. The van der Waals surface area contributed by atoms with Gasteiger partial charge >= 0.3 is 0 Å². The molecule has 1 aromatic carbocycles. The third-order valence-corrected chi connectivity index (χ3v) is 4.32. The van der Waals surface area contributed by atoms with Crippen molar-refractivity contribution in [3.05, 3.63) is 28.0 Å². The van der Waals surface area contributed by atoms with E-state index in [9.17, 15) is 4.39 Å². The monoisotopic (exact) mass is 289 g/mol. The molecule has 1 N–H and O–H groups in total. The van der Waals surface area contributed by atoms with Crippen LogP contribution < -0.4 is 5.32 Å². The van der Waals surface area contributed by atoms with Gasteiger partial charge in [-0.1, -0.05) is 49.4 Å². The lowest BCUT2D eigenvalue weighted by molar-refractivity contribution is 0.317. The molecule has 0 bridgehead atoms. The van der Waals surface area contributed by atoms with Crippen molar-refractivity contribution in [2.75, 3.05) is 5.32 Å². The maximum atomic E-state index is 13.3. The Bertz CT molecular complexity index is 399. The highest BCUT2D eigenvalue weighted by molar-refractivity contribution is 6.35. The van der Waals surface area contributed by atoms with Gasteiger partial charge in [0.15, 0.2) is 5.82 Å². The topological polar surface area (TPSA) is 12.0 Å². The predicted molar refractivity (Wildman–Crippen MR) is 76.1 cm³/mol. The largest absolute Gasteiger partial charge is 0.382 e. The fourth-order valence-corrected chi connectivity index (χ4v) is 3.23. The van der Waals surface area contributed by atoms with Crippen LogP contribution in [0.2, 0.25) is 10.0 Å². The fourth-order valence-electron chi connectivity index (χ4n) is 2.74. The molecule has 0 aromatic heterocycles. The van der Waals surface area contributed by atoms with E-state index in [1.807, 2.05) is 0 Å². The number of anilines is 1. The number of hydrogen-bond acceptors (Lipinski definition) is 1. The Kier molecular flexibility index (Phi) is 4.74. The summed E-state index contributed by atoms with van der Waals surface area (Å²) in [4.78, 5) is 0. The molecule has 0 aliphatic heterocycles. The zero-order chi connectivity index (χ0) is 13.1. The summed E-state index contributed by atoms with van der Waals surface area (Å²) in [6, 6.07) is 3.68. The molecular weight excluding hydrogens is 272 g/mol. The van der Waals surface area contributed by atoms with E-state index < -0.39 is 5.82 Å². The smallest absolute Gasteiger partial charge is 0.160 e. The lowest BCUT2D eigenvalue weighted by atomic mass is 9.83. The van der Waals surface area contributed by atoms with Crippen molar-refractivity contribution in [2.24, 2.45) is 5.92 Å². The standard InChI is InChI=1S/C14H18Cl2FN/c1-2-9-5-3-4-6-13(9)18-10-7-11(15)14(17)12(16)8-10/h7-9,13,18H,2-6H2,1H3. The maximum Gasteiger partial charge on any atom is 0.160 e. The molecule has 18 heavy (non-hydrogen) atoms. The van der Waals surface area contributed by atoms with E-state index in [4.69, 9.17) is 23.2 Å². The van der Waals surface area contributed by atoms with Gasteiger partial charge in [0.25, 0.3) is 0 Å². The van der Waals surface area contributed by atoms with Gasteiger partial charge in [-0.2, -0.15) is 0 Å². The van der Waals surface area contributed by atoms with Gasteiger partial charge in [0, 0.05) is 11.7 Å². The van der Waals surface area contributed by atoms with Gasteiger partial charge < -0.3 is 5.32 Å². The second-order valence-electron chi connectivity index (χ2n) is 4.96. The summed E-state index contributed by atoms with van der Waals surface area (Å²) in [5, 5.41) is 3.61. The molecule has 1 aliphatic carbocycles. The van der Waals surface area contributed by atoms with Crippen LogP contribution in [0.15, 0.2) is 12.1 Å². The number of nitrogens with one attached hydrogen (secondary N) is 1. The van der Waals surface area contributed by atoms with Crippen LogP contribution in [0.4, 0.5) is 10.1 Å². The van der Waals surface area contributed by atoms with E-state index in [1.54, 1.807) is 12.1 Å². The molecule has 0 spiro atoms. The van der Waals surface area contributed by atoms with E-state index in [2.05, 4.69) is 12.2 Å². The van der Waals surface area contributed by atoms with Crippen molar-refractivity contribution in [2.45, 2.75) is 45.1 Å². The van der Waals surface area contributed by atoms with Gasteiger partial charge in [0.2, 0.25) is 0 Å². The van der Waals surface area contributed by atoms with E-state index in [0.717, 1.165) is 12.1 Å². The summed E-state index contributed by atoms with van der Waals surface area (Å²) < 4.78 is 13.3. The van der Waals surface area contributed by atoms with Crippen LogP contribution in [0.1, 0.15) is 39.0 Å². The minimum Gasteiger partial charge on any atom is -0.382 e. The van der Waals surface area contributed by atoms with E-state index >= 15 is 0 Å². The summed E-state index contributed by atoms with van der Waals surface area (Å²) in [7, 11) is 0. The highest BCUT2D eigenvalue weighted by Gasteiger charge is 2.23. The maximum absolute atomic E-state index is 13.3. The van der Waals surface area contributed by atoms with Crippen molar-refractivity contribution in [3.63, 3.8) is 0 Å². The first-order valence-corrected chi connectivity index (χ1v) is 7.28. The zero-order valence-corrected chi connectivity index (χ0v) is 12.0. The van der Waals surface area contributed by atoms with Crippen molar-refractivity contribution in [1.82, 2.24) is 0 Å². The first-order valence-electron chi connectivity index (χ1n) is 6.53. The molecule has 1 aromatic rings. The lowest BCUT2D eigenvalue weighted by Gasteiger charge is -2.32. The summed E-state index contributed by atoms with van der Waals surface area (Å²) in [5.74, 6) is 0.140. The molecule has 2 unspecified atom stereocenters. The SMILES string of the molecule is CCC1CCCCC1Nc1cc(Cl)c(F)c(Cl)c1. The fraction of sp³-hybridized carbons (Fsp3) is 0.571. The molecule has 0 heterocycles. The normalized spacial score (nSPS) is 24.0. The average molecular weight is 290 g/mol. The molecule has 2 atom stereocenters. The molecule has 0 saturated heterocycles. The Morgan fingerprint density at radius 1 is 1.22 bits per heavy atom. The molecule has 1 nitrogen and oxygen atoms in total. The first kappa shape index (κ1) is 14.0. The molecule has 4 heteroatoms. The van der Waals surface area contributed by atoms with Gasteiger partial charge in [0.05, 0.1) is 10.0 Å². The zero-order valence-electron chi connectivity index (χ0n) is 10.5. The van der Waals surface area contributed by atoms with Gasteiger partial charge in [-0.05, 0) is 30.9 Å². The molecule has 0 radical (unpaired) electrons. The second-order valence-corrected chi connectivity index (χ2v) is 5.77. The summed E-state index contributed by atoms with van der Waals surface area (Å²) in [6.07, 6.45) is 6.14. The first-order chi connectivity index (χ1) is 8.61. The quantitative estimate of drug-likeness (QED) is 0.723. The Morgan fingerprint density at radius 2 is 1.83 bits per heavy atom. The van der Waals surface area contributed by atoms with Crippen LogP contribution in [0, 0.1) is 11.7 Å². The van der Waals surface area contributed by atoms with Crippen molar-refractivity contribution in [1.29, 1.82) is 0 Å². The van der Waals surface area contributed by atoms with Gasteiger partial charge in [-0.15, -0.1) is 0 Å². The highest BCUT2D eigenvalue weighted by atomic mass is 35.5. The van der Waals surface area contributed by atoms with E-state index in [1.165, 1.54) is 25.7 Å². The highest BCUT2D eigenvalue weighted by Crippen LogP contribution is 2.32. The third kappa shape index (κ3) is 3.10. The second kappa shape index (κ2) is 6.12. The molecule has 2 rings (SSSR count). The Morgan fingerprint density at radius 3 is 2.44 bits per heavy atom. The number of rotatable bonds is 3. The van der Waals surface area contributed by atoms with Crippen LogP contribution >= 0.6 is 23.2 Å². The average Bonchev–Trinajstić information content (AvgIpc) is 2.36. The molecular formula is C14H18Cl2FN. The minimum atomic E-state index is -0.542. The minimum absolute atomic E-state index is 0.0776. The number of halogens is 3. The molecule has 0 amide bonds. The van der Waals surface area contributed by atoms with Crippen LogP contribution in [0.25, 0.3) is 0 Å². The molecule has 100 valence electrons. The molecule has 1 saturated carbocycles.